The van der Waals surface area contributed by atoms with Gasteiger partial charge in [-0.05, 0) is 49.8 Å². The van der Waals surface area contributed by atoms with E-state index in [0.29, 0.717) is 18.4 Å². The summed E-state index contributed by atoms with van der Waals surface area (Å²) >= 11 is 0. The maximum atomic E-state index is 13.2. The third kappa shape index (κ3) is 5.87. The van der Waals surface area contributed by atoms with Gasteiger partial charge in [-0.3, -0.25) is 34.2 Å². The van der Waals surface area contributed by atoms with Gasteiger partial charge in [-0.2, -0.15) is 18.7 Å². The molecule has 2 heterocycles. The second-order valence-electron chi connectivity index (χ2n) is 8.40. The molecule has 2 unspecified atom stereocenters. The minimum absolute atomic E-state index is 0.0125. The number of rotatable bonds is 8. The number of alkyl halides is 3. The molecule has 3 rings (SSSR count). The monoisotopic (exact) mass is 512 g/mol. The van der Waals surface area contributed by atoms with Crippen LogP contribution in [0, 0.1) is 5.92 Å². The molecule has 0 bridgehead atoms. The van der Waals surface area contributed by atoms with Crippen LogP contribution in [-0.2, 0) is 30.4 Å². The molecule has 0 saturated carbocycles. The number of amides is 5. The van der Waals surface area contributed by atoms with Gasteiger partial charge in [0.1, 0.15) is 6.04 Å². The van der Waals surface area contributed by atoms with E-state index in [4.69, 9.17) is 5.73 Å². The smallest absolute Gasteiger partial charge is 0.332 e. The lowest BCUT2D eigenvalue weighted by Gasteiger charge is -2.28. The Bertz CT molecular complexity index is 1110. The molecule has 14 heteroatoms. The Morgan fingerprint density at radius 2 is 1.92 bits per heavy atom. The van der Waals surface area contributed by atoms with E-state index in [1.165, 1.54) is 17.6 Å². The van der Waals surface area contributed by atoms with E-state index >= 15 is 0 Å². The average molecular weight is 512 g/mol. The molecule has 0 aromatic heterocycles. The Morgan fingerprint density at radius 3 is 2.56 bits per heavy atom. The number of nitrogens with two attached hydrogens (primary N) is 1. The number of carbonyl (C=O) groups is 6. The summed E-state index contributed by atoms with van der Waals surface area (Å²) < 4.78 is 36.8. The number of piperidine rings is 1. The number of imide groups is 2. The summed E-state index contributed by atoms with van der Waals surface area (Å²) in [6.45, 7) is 0.259. The fraction of sp³-hybridized carbons (Fsp3) is 0.455. The van der Waals surface area contributed by atoms with Crippen molar-refractivity contribution in [3.8, 4) is 0 Å². The van der Waals surface area contributed by atoms with Crippen molar-refractivity contribution in [2.45, 2.75) is 50.7 Å². The molecule has 1 aromatic rings. The summed E-state index contributed by atoms with van der Waals surface area (Å²) in [6, 6.07) is 3.36. The lowest BCUT2D eigenvalue weighted by molar-refractivity contribution is -0.207. The molecule has 1 aromatic carbocycles. The van der Waals surface area contributed by atoms with Crippen LogP contribution in [0.25, 0.3) is 0 Å². The number of carbonyl (C=O) groups excluding carboxylic acids is 6. The van der Waals surface area contributed by atoms with Gasteiger partial charge in [0.2, 0.25) is 11.8 Å². The minimum atomic E-state index is -5.28. The molecule has 11 nitrogen and oxygen atoms in total. The Morgan fingerprint density at radius 1 is 1.19 bits per heavy atom. The maximum Gasteiger partial charge on any atom is 0.493 e. The number of nitrogens with zero attached hydrogens (tertiary/aromatic N) is 1. The SMILES string of the molecule is NCCCC(CC(=O)NOC(=O)C(F)(F)F)Cc1cccc2c1C(=O)N(C1CCC(=O)NC1=O)C2=O. The van der Waals surface area contributed by atoms with Crippen molar-refractivity contribution in [2.75, 3.05) is 6.54 Å². The number of hydroxylamine groups is 1. The fourth-order valence-corrected chi connectivity index (χ4v) is 4.21. The van der Waals surface area contributed by atoms with Gasteiger partial charge in [0.25, 0.3) is 17.7 Å². The van der Waals surface area contributed by atoms with E-state index in [1.54, 1.807) is 6.07 Å². The third-order valence-corrected chi connectivity index (χ3v) is 5.84. The van der Waals surface area contributed by atoms with Gasteiger partial charge in [-0.25, -0.2) is 4.79 Å². The van der Waals surface area contributed by atoms with Crippen LogP contribution in [0.15, 0.2) is 18.2 Å². The summed E-state index contributed by atoms with van der Waals surface area (Å²) in [6.07, 6.45) is -4.81. The number of hydrogen-bond donors (Lipinski definition) is 3. The van der Waals surface area contributed by atoms with E-state index in [-0.39, 0.29) is 43.4 Å². The number of fused-ring (bicyclic) bond motifs is 1. The van der Waals surface area contributed by atoms with Gasteiger partial charge >= 0.3 is 12.1 Å². The second-order valence-corrected chi connectivity index (χ2v) is 8.40. The Balaban J connectivity index is 1.77. The molecular formula is C22H23F3N4O7. The van der Waals surface area contributed by atoms with Crippen LogP contribution in [0.3, 0.4) is 0 Å². The molecule has 2 aliphatic rings. The fourth-order valence-electron chi connectivity index (χ4n) is 4.21. The summed E-state index contributed by atoms with van der Waals surface area (Å²) in [7, 11) is 0. The lowest BCUT2D eigenvalue weighted by atomic mass is 9.88. The molecular weight excluding hydrogens is 489 g/mol. The van der Waals surface area contributed by atoms with Gasteiger partial charge in [0.15, 0.2) is 0 Å². The average Bonchev–Trinajstić information content (AvgIpc) is 3.06. The zero-order chi connectivity index (χ0) is 26.6. The number of benzene rings is 1. The molecule has 2 atom stereocenters. The standard InChI is InChI=1S/C22H23F3N4O7/c23-22(24,25)21(35)36-28-16(31)10-11(3-2-8-26)9-12-4-1-5-13-17(12)20(34)29(19(13)33)14-6-7-15(30)27-18(14)32/h1,4-5,11,14H,2-3,6-10,26H2,(H,28,31)(H,27,30,32). The molecule has 0 spiro atoms. The van der Waals surface area contributed by atoms with Crippen LogP contribution in [0.2, 0.25) is 0 Å². The van der Waals surface area contributed by atoms with Crippen molar-refractivity contribution in [3.63, 3.8) is 0 Å². The topological polar surface area (TPSA) is 165 Å². The highest BCUT2D eigenvalue weighted by Crippen LogP contribution is 2.32. The van der Waals surface area contributed by atoms with Crippen molar-refractivity contribution >= 4 is 35.5 Å². The van der Waals surface area contributed by atoms with E-state index < -0.39 is 53.6 Å². The summed E-state index contributed by atoms with van der Waals surface area (Å²) in [5.74, 6) is -6.77. The van der Waals surface area contributed by atoms with Crippen molar-refractivity contribution in [2.24, 2.45) is 11.7 Å². The summed E-state index contributed by atoms with van der Waals surface area (Å²) in [5, 5.41) is 2.11. The number of nitrogens with one attached hydrogen (secondary N) is 2. The molecule has 1 fully saturated rings. The largest absolute Gasteiger partial charge is 0.493 e. The van der Waals surface area contributed by atoms with Crippen LogP contribution in [0.1, 0.15) is 58.4 Å². The quantitative estimate of drug-likeness (QED) is 0.335. The van der Waals surface area contributed by atoms with Crippen LogP contribution in [0.4, 0.5) is 13.2 Å². The summed E-state index contributed by atoms with van der Waals surface area (Å²) in [5.41, 5.74) is 7.51. The first kappa shape index (κ1) is 26.8. The van der Waals surface area contributed by atoms with Crippen LogP contribution < -0.4 is 16.5 Å². The second kappa shape index (κ2) is 10.8. The Labute approximate surface area is 202 Å². The van der Waals surface area contributed by atoms with Crippen LogP contribution in [-0.4, -0.2) is 59.2 Å². The highest BCUT2D eigenvalue weighted by molar-refractivity contribution is 6.24. The molecule has 2 aliphatic heterocycles. The lowest BCUT2D eigenvalue weighted by Crippen LogP contribution is -2.54. The van der Waals surface area contributed by atoms with E-state index in [0.717, 1.165) is 4.90 Å². The highest BCUT2D eigenvalue weighted by atomic mass is 19.4. The molecule has 1 saturated heterocycles. The van der Waals surface area contributed by atoms with Gasteiger partial charge in [-0.15, -0.1) is 0 Å². The van der Waals surface area contributed by atoms with Crippen molar-refractivity contribution < 1.29 is 46.8 Å². The molecule has 0 aliphatic carbocycles. The van der Waals surface area contributed by atoms with Gasteiger partial charge in [0, 0.05) is 12.8 Å². The van der Waals surface area contributed by atoms with Gasteiger partial charge in [0.05, 0.1) is 11.1 Å². The van der Waals surface area contributed by atoms with E-state index in [9.17, 15) is 41.9 Å². The molecule has 194 valence electrons. The van der Waals surface area contributed by atoms with Crippen LogP contribution >= 0.6 is 0 Å². The van der Waals surface area contributed by atoms with E-state index in [1.807, 2.05) is 0 Å². The molecule has 4 N–H and O–H groups in total. The first-order valence-corrected chi connectivity index (χ1v) is 11.0. The predicted molar refractivity (Wildman–Crippen MR) is 114 cm³/mol. The first-order valence-electron chi connectivity index (χ1n) is 11.0. The van der Waals surface area contributed by atoms with Crippen molar-refractivity contribution in [3.05, 3.63) is 34.9 Å². The molecule has 36 heavy (non-hydrogen) atoms. The van der Waals surface area contributed by atoms with Gasteiger partial charge < -0.3 is 10.6 Å². The third-order valence-electron chi connectivity index (χ3n) is 5.84. The molecule has 5 amide bonds. The van der Waals surface area contributed by atoms with Crippen molar-refractivity contribution in [1.29, 1.82) is 0 Å². The number of hydrogen-bond acceptors (Lipinski definition) is 8. The predicted octanol–water partition coefficient (Wildman–Crippen LogP) is 0.512. The highest BCUT2D eigenvalue weighted by Gasteiger charge is 2.45. The zero-order valence-electron chi connectivity index (χ0n) is 18.9. The van der Waals surface area contributed by atoms with E-state index in [2.05, 4.69) is 10.2 Å². The first-order chi connectivity index (χ1) is 16.9. The van der Waals surface area contributed by atoms with Crippen molar-refractivity contribution in [1.82, 2.24) is 15.7 Å². The summed E-state index contributed by atoms with van der Waals surface area (Å²) in [4.78, 5) is 77.4. The normalized spacial score (nSPS) is 18.6. The Hall–Kier alpha value is -3.81. The number of halogens is 3. The zero-order valence-corrected chi connectivity index (χ0v) is 18.9. The molecule has 0 radical (unpaired) electrons. The van der Waals surface area contributed by atoms with Gasteiger partial charge in [-0.1, -0.05) is 12.1 Å². The maximum absolute atomic E-state index is 13.2. The minimum Gasteiger partial charge on any atom is -0.332 e. The Kier molecular flexibility index (Phi) is 8.07. The van der Waals surface area contributed by atoms with Crippen LogP contribution in [0.5, 0.6) is 0 Å².